The molecule has 1 aliphatic rings. The van der Waals surface area contributed by atoms with Gasteiger partial charge >= 0.3 is 6.03 Å². The van der Waals surface area contributed by atoms with E-state index in [0.717, 1.165) is 30.3 Å². The van der Waals surface area contributed by atoms with E-state index in [1.54, 1.807) is 7.11 Å². The van der Waals surface area contributed by atoms with Crippen LogP contribution in [0.1, 0.15) is 0 Å². The summed E-state index contributed by atoms with van der Waals surface area (Å²) in [6.45, 7) is 1.62. The third-order valence-electron chi connectivity index (χ3n) is 2.65. The molecule has 1 heterocycles. The van der Waals surface area contributed by atoms with Crippen molar-refractivity contribution >= 4 is 23.5 Å². The van der Waals surface area contributed by atoms with E-state index >= 15 is 0 Å². The molecule has 5 heteroatoms. The van der Waals surface area contributed by atoms with Crippen molar-refractivity contribution in [3.8, 4) is 5.75 Å². The van der Waals surface area contributed by atoms with Gasteiger partial charge in [0.25, 0.3) is 0 Å². The minimum Gasteiger partial charge on any atom is -0.495 e. The highest BCUT2D eigenvalue weighted by Gasteiger charge is 2.17. The Kier molecular flexibility index (Phi) is 4.14. The van der Waals surface area contributed by atoms with E-state index in [0.29, 0.717) is 5.75 Å². The molecule has 2 amide bonds. The average molecular weight is 252 g/mol. The van der Waals surface area contributed by atoms with Crippen LogP contribution in [-0.4, -0.2) is 42.6 Å². The number of methoxy groups -OCH3 is 1. The second-order valence-corrected chi connectivity index (χ2v) is 4.95. The number of rotatable bonds is 2. The maximum atomic E-state index is 12.0. The van der Waals surface area contributed by atoms with E-state index < -0.39 is 0 Å². The molecule has 1 saturated heterocycles. The van der Waals surface area contributed by atoms with Crippen molar-refractivity contribution in [3.63, 3.8) is 0 Å². The Morgan fingerprint density at radius 1 is 1.35 bits per heavy atom. The van der Waals surface area contributed by atoms with Gasteiger partial charge in [0.1, 0.15) is 5.75 Å². The first kappa shape index (κ1) is 12.1. The summed E-state index contributed by atoms with van der Waals surface area (Å²) < 4.78 is 5.20. The summed E-state index contributed by atoms with van der Waals surface area (Å²) in [5.74, 6) is 2.71. The predicted octanol–water partition coefficient (Wildman–Crippen LogP) is 2.28. The van der Waals surface area contributed by atoms with Gasteiger partial charge in [-0.1, -0.05) is 12.1 Å². The molecule has 0 atom stereocenters. The highest BCUT2D eigenvalue weighted by atomic mass is 32.2. The molecule has 0 bridgehead atoms. The molecule has 1 aromatic carbocycles. The highest BCUT2D eigenvalue weighted by molar-refractivity contribution is 7.99. The van der Waals surface area contributed by atoms with Gasteiger partial charge in [0.2, 0.25) is 0 Å². The van der Waals surface area contributed by atoms with Gasteiger partial charge in [-0.15, -0.1) is 0 Å². The molecule has 1 aromatic rings. The van der Waals surface area contributed by atoms with Gasteiger partial charge < -0.3 is 15.0 Å². The van der Waals surface area contributed by atoms with Gasteiger partial charge in [0.15, 0.2) is 0 Å². The summed E-state index contributed by atoms with van der Waals surface area (Å²) in [5.41, 5.74) is 0.721. The van der Waals surface area contributed by atoms with Crippen LogP contribution in [0.25, 0.3) is 0 Å². The van der Waals surface area contributed by atoms with Crippen molar-refractivity contribution in [1.82, 2.24) is 4.90 Å². The summed E-state index contributed by atoms with van der Waals surface area (Å²) in [4.78, 5) is 13.8. The van der Waals surface area contributed by atoms with Crippen LogP contribution in [0.4, 0.5) is 10.5 Å². The molecule has 17 heavy (non-hydrogen) atoms. The van der Waals surface area contributed by atoms with Gasteiger partial charge in [0, 0.05) is 24.6 Å². The first-order valence-electron chi connectivity index (χ1n) is 5.58. The fourth-order valence-corrected chi connectivity index (χ4v) is 2.61. The number of hydrogen-bond donors (Lipinski definition) is 1. The van der Waals surface area contributed by atoms with Crippen molar-refractivity contribution in [1.29, 1.82) is 0 Å². The van der Waals surface area contributed by atoms with Gasteiger partial charge in [-0.05, 0) is 12.1 Å². The number of amides is 2. The van der Waals surface area contributed by atoms with Gasteiger partial charge in [0.05, 0.1) is 12.8 Å². The Hall–Kier alpha value is -1.36. The molecule has 0 aliphatic carbocycles. The molecule has 0 saturated carbocycles. The summed E-state index contributed by atoms with van der Waals surface area (Å²) in [5, 5.41) is 2.88. The number of hydrogen-bond acceptors (Lipinski definition) is 3. The normalized spacial score (nSPS) is 15.5. The molecule has 0 unspecified atom stereocenters. The van der Waals surface area contributed by atoms with E-state index in [9.17, 15) is 4.79 Å². The van der Waals surface area contributed by atoms with E-state index in [1.807, 2.05) is 40.9 Å². The van der Waals surface area contributed by atoms with Crippen LogP contribution >= 0.6 is 11.8 Å². The van der Waals surface area contributed by atoms with Crippen LogP contribution in [0.15, 0.2) is 24.3 Å². The maximum Gasteiger partial charge on any atom is 0.322 e. The van der Waals surface area contributed by atoms with Crippen LogP contribution in [0.2, 0.25) is 0 Å². The van der Waals surface area contributed by atoms with Crippen LogP contribution in [0, 0.1) is 0 Å². The Morgan fingerprint density at radius 2 is 2.06 bits per heavy atom. The highest BCUT2D eigenvalue weighted by Crippen LogP contribution is 2.23. The monoisotopic (exact) mass is 252 g/mol. The number of carbonyl (C=O) groups is 1. The molecule has 92 valence electrons. The minimum absolute atomic E-state index is 0.0465. The first-order valence-corrected chi connectivity index (χ1v) is 6.73. The first-order chi connectivity index (χ1) is 8.31. The number of benzene rings is 1. The summed E-state index contributed by atoms with van der Waals surface area (Å²) >= 11 is 1.88. The van der Waals surface area contributed by atoms with E-state index in [-0.39, 0.29) is 6.03 Å². The Balaban J connectivity index is 2.01. The van der Waals surface area contributed by atoms with E-state index in [2.05, 4.69) is 5.32 Å². The lowest BCUT2D eigenvalue weighted by Gasteiger charge is -2.26. The number of para-hydroxylation sites is 2. The smallest absolute Gasteiger partial charge is 0.322 e. The van der Waals surface area contributed by atoms with Crippen LogP contribution in [0.5, 0.6) is 5.75 Å². The van der Waals surface area contributed by atoms with Gasteiger partial charge in [-0.2, -0.15) is 11.8 Å². The zero-order valence-corrected chi connectivity index (χ0v) is 10.6. The number of nitrogens with zero attached hydrogens (tertiary/aromatic N) is 1. The SMILES string of the molecule is COc1ccccc1NC(=O)N1CCSCC1. The van der Waals surface area contributed by atoms with Crippen molar-refractivity contribution in [2.45, 2.75) is 0 Å². The molecule has 1 aliphatic heterocycles. The zero-order chi connectivity index (χ0) is 12.1. The van der Waals surface area contributed by atoms with Crippen molar-refractivity contribution in [2.75, 3.05) is 37.0 Å². The zero-order valence-electron chi connectivity index (χ0n) is 9.81. The quantitative estimate of drug-likeness (QED) is 0.878. The van der Waals surface area contributed by atoms with Crippen LogP contribution in [0.3, 0.4) is 0 Å². The molecule has 1 fully saturated rings. The Labute approximate surface area is 105 Å². The minimum atomic E-state index is -0.0465. The number of urea groups is 1. The molecular formula is C12H16N2O2S. The third kappa shape index (κ3) is 3.06. The Morgan fingerprint density at radius 3 is 2.76 bits per heavy atom. The summed E-state index contributed by atoms with van der Waals surface area (Å²) in [6, 6.07) is 7.39. The second-order valence-electron chi connectivity index (χ2n) is 3.73. The summed E-state index contributed by atoms with van der Waals surface area (Å²) in [7, 11) is 1.60. The largest absolute Gasteiger partial charge is 0.495 e. The Bertz CT molecular complexity index is 392. The van der Waals surface area contributed by atoms with E-state index in [1.165, 1.54) is 0 Å². The topological polar surface area (TPSA) is 41.6 Å². The molecule has 0 spiro atoms. The van der Waals surface area contributed by atoms with E-state index in [4.69, 9.17) is 4.74 Å². The number of anilines is 1. The van der Waals surface area contributed by atoms with Gasteiger partial charge in [-0.3, -0.25) is 0 Å². The third-order valence-corrected chi connectivity index (χ3v) is 3.59. The molecule has 4 nitrogen and oxygen atoms in total. The number of thioether (sulfide) groups is 1. The van der Waals surface area contributed by atoms with Crippen molar-refractivity contribution in [2.24, 2.45) is 0 Å². The molecule has 2 rings (SSSR count). The molecule has 0 aromatic heterocycles. The second kappa shape index (κ2) is 5.82. The molecule has 1 N–H and O–H groups in total. The summed E-state index contributed by atoms with van der Waals surface area (Å²) in [6.07, 6.45) is 0. The lowest BCUT2D eigenvalue weighted by Crippen LogP contribution is -2.40. The predicted molar refractivity (Wildman–Crippen MR) is 70.9 cm³/mol. The number of nitrogens with one attached hydrogen (secondary N) is 1. The lowest BCUT2D eigenvalue weighted by atomic mass is 10.3. The van der Waals surface area contributed by atoms with Gasteiger partial charge in [-0.25, -0.2) is 4.79 Å². The molecule has 0 radical (unpaired) electrons. The van der Waals surface area contributed by atoms with Crippen LogP contribution < -0.4 is 10.1 Å². The maximum absolute atomic E-state index is 12.0. The standard InChI is InChI=1S/C12H16N2O2S/c1-16-11-5-3-2-4-10(11)13-12(15)14-6-8-17-9-7-14/h2-5H,6-9H2,1H3,(H,13,15). The van der Waals surface area contributed by atoms with Crippen molar-refractivity contribution in [3.05, 3.63) is 24.3 Å². The number of ether oxygens (including phenoxy) is 1. The fraction of sp³-hybridized carbons (Fsp3) is 0.417. The molecular weight excluding hydrogens is 236 g/mol. The van der Waals surface area contributed by atoms with Crippen molar-refractivity contribution < 1.29 is 9.53 Å². The van der Waals surface area contributed by atoms with Crippen LogP contribution in [-0.2, 0) is 0 Å². The average Bonchev–Trinajstić information content (AvgIpc) is 2.40. The fourth-order valence-electron chi connectivity index (χ4n) is 1.71. The number of carbonyl (C=O) groups excluding carboxylic acids is 1. The lowest BCUT2D eigenvalue weighted by molar-refractivity contribution is 0.217.